The maximum Gasteiger partial charge on any atom is 0.339 e. The highest BCUT2D eigenvalue weighted by Crippen LogP contribution is 2.32. The van der Waals surface area contributed by atoms with Crippen molar-refractivity contribution < 1.29 is 28.6 Å². The molecule has 8 nitrogen and oxygen atoms in total. The first kappa shape index (κ1) is 24.3. The summed E-state index contributed by atoms with van der Waals surface area (Å²) < 4.78 is 15.8. The zero-order valence-corrected chi connectivity index (χ0v) is 19.2. The Balaban J connectivity index is 1.70. The number of amides is 1. The highest BCUT2D eigenvalue weighted by atomic mass is 35.5. The minimum Gasteiger partial charge on any atom is -0.482 e. The van der Waals surface area contributed by atoms with Crippen LogP contribution in [0.4, 0.5) is 5.69 Å². The number of hydrogen-bond donors (Lipinski definition) is 2. The molecule has 3 aromatic rings. The van der Waals surface area contributed by atoms with E-state index in [1.165, 1.54) is 6.07 Å². The molecule has 1 aromatic heterocycles. The fraction of sp³-hybridized carbons (Fsp3) is 0.292. The Labute approximate surface area is 195 Å². The second-order valence-electron chi connectivity index (χ2n) is 7.46. The Bertz CT molecular complexity index is 1230. The van der Waals surface area contributed by atoms with Crippen LogP contribution >= 0.6 is 11.6 Å². The summed E-state index contributed by atoms with van der Waals surface area (Å²) in [5, 5.41) is 13.1. The van der Waals surface area contributed by atoms with Crippen LogP contribution in [-0.4, -0.2) is 36.3 Å². The average Bonchev–Trinajstić information content (AvgIpc) is 2.76. The zero-order chi connectivity index (χ0) is 24.1. The molecule has 1 atom stereocenters. The summed E-state index contributed by atoms with van der Waals surface area (Å²) in [5.74, 6) is -0.702. The molecule has 0 aliphatic carbocycles. The number of benzene rings is 2. The number of esters is 1. The molecular formula is C24H24ClNO7. The van der Waals surface area contributed by atoms with Crippen LogP contribution in [0.5, 0.6) is 5.75 Å². The molecule has 0 bridgehead atoms. The van der Waals surface area contributed by atoms with Crippen LogP contribution in [0, 0.1) is 6.92 Å². The molecule has 1 amide bonds. The molecule has 0 saturated heterocycles. The Morgan fingerprint density at radius 2 is 1.91 bits per heavy atom. The van der Waals surface area contributed by atoms with Crippen molar-refractivity contribution in [2.75, 3.05) is 18.5 Å². The summed E-state index contributed by atoms with van der Waals surface area (Å²) in [7, 11) is 0. The second-order valence-corrected chi connectivity index (χ2v) is 7.87. The fourth-order valence-corrected chi connectivity index (χ4v) is 3.49. The van der Waals surface area contributed by atoms with Gasteiger partial charge < -0.3 is 24.3 Å². The predicted octanol–water partition coefficient (Wildman–Crippen LogP) is 3.87. The highest BCUT2D eigenvalue weighted by Gasteiger charge is 2.16. The van der Waals surface area contributed by atoms with Gasteiger partial charge in [0.05, 0.1) is 23.3 Å². The van der Waals surface area contributed by atoms with E-state index >= 15 is 0 Å². The number of carbonyl (C=O) groups is 2. The molecule has 0 saturated carbocycles. The minimum atomic E-state index is -0.693. The van der Waals surface area contributed by atoms with Crippen LogP contribution in [0.25, 0.3) is 11.0 Å². The summed E-state index contributed by atoms with van der Waals surface area (Å²) in [6.45, 7) is 5.01. The first-order valence-electron chi connectivity index (χ1n) is 10.3. The Morgan fingerprint density at radius 1 is 1.21 bits per heavy atom. The van der Waals surface area contributed by atoms with Crippen LogP contribution in [-0.2, 0) is 16.0 Å². The SMILES string of the molecule is CCOC(=O)c1ccc(NC(=O)COc2cc3oc(=O)c(C[C@@H](C)O)c(C)c3cc2Cl)cc1. The first-order valence-corrected chi connectivity index (χ1v) is 10.7. The molecule has 2 N–H and O–H groups in total. The van der Waals surface area contributed by atoms with E-state index in [1.807, 2.05) is 0 Å². The lowest BCUT2D eigenvalue weighted by molar-refractivity contribution is -0.118. The third kappa shape index (κ3) is 5.91. The van der Waals surface area contributed by atoms with E-state index in [1.54, 1.807) is 51.1 Å². The maximum absolute atomic E-state index is 12.3. The van der Waals surface area contributed by atoms with Gasteiger partial charge in [0.2, 0.25) is 0 Å². The molecular weight excluding hydrogens is 450 g/mol. The van der Waals surface area contributed by atoms with Crippen molar-refractivity contribution in [3.63, 3.8) is 0 Å². The van der Waals surface area contributed by atoms with E-state index in [0.717, 1.165) is 0 Å². The van der Waals surface area contributed by atoms with Gasteiger partial charge >= 0.3 is 11.6 Å². The topological polar surface area (TPSA) is 115 Å². The number of aliphatic hydroxyl groups excluding tert-OH is 1. The van der Waals surface area contributed by atoms with Crippen molar-refractivity contribution >= 4 is 40.1 Å². The van der Waals surface area contributed by atoms with E-state index in [9.17, 15) is 19.5 Å². The van der Waals surface area contributed by atoms with E-state index in [0.29, 0.717) is 27.8 Å². The monoisotopic (exact) mass is 473 g/mol. The molecule has 0 aliphatic rings. The molecule has 2 aromatic carbocycles. The molecule has 0 aliphatic heterocycles. The van der Waals surface area contributed by atoms with Gasteiger partial charge in [-0.2, -0.15) is 0 Å². The van der Waals surface area contributed by atoms with Crippen LogP contribution in [0.3, 0.4) is 0 Å². The molecule has 3 rings (SSSR count). The van der Waals surface area contributed by atoms with Gasteiger partial charge in [-0.25, -0.2) is 9.59 Å². The number of hydrogen-bond acceptors (Lipinski definition) is 7. The lowest BCUT2D eigenvalue weighted by Crippen LogP contribution is -2.20. The standard InChI is InChI=1S/C24H24ClNO7/c1-4-31-23(29)15-5-7-16(8-6-15)26-22(28)12-32-21-11-20-17(10-19(21)25)14(3)18(9-13(2)27)24(30)33-20/h5-8,10-11,13,27H,4,9,12H2,1-3H3,(H,26,28)/t13-/m1/s1. The highest BCUT2D eigenvalue weighted by molar-refractivity contribution is 6.32. The number of carbonyl (C=O) groups excluding carboxylic acids is 2. The summed E-state index contributed by atoms with van der Waals surface area (Å²) >= 11 is 6.32. The van der Waals surface area contributed by atoms with Crippen molar-refractivity contribution in [3.8, 4) is 5.75 Å². The largest absolute Gasteiger partial charge is 0.482 e. The van der Waals surface area contributed by atoms with Gasteiger partial charge in [-0.15, -0.1) is 0 Å². The van der Waals surface area contributed by atoms with E-state index in [2.05, 4.69) is 5.32 Å². The molecule has 174 valence electrons. The number of halogens is 1. The van der Waals surface area contributed by atoms with Crippen LogP contribution in [0.1, 0.15) is 35.3 Å². The van der Waals surface area contributed by atoms with E-state index < -0.39 is 23.6 Å². The summed E-state index contributed by atoms with van der Waals surface area (Å²) in [5.41, 5.74) is 1.63. The van der Waals surface area contributed by atoms with Gasteiger partial charge in [0.1, 0.15) is 11.3 Å². The van der Waals surface area contributed by atoms with Crippen LogP contribution in [0.15, 0.2) is 45.6 Å². The first-order chi connectivity index (χ1) is 15.7. The molecule has 0 radical (unpaired) electrons. The lowest BCUT2D eigenvalue weighted by atomic mass is 10.0. The van der Waals surface area contributed by atoms with Crippen molar-refractivity contribution in [3.05, 3.63) is 68.5 Å². The van der Waals surface area contributed by atoms with Gasteiger partial charge in [-0.1, -0.05) is 11.6 Å². The normalized spacial score (nSPS) is 11.8. The summed E-state index contributed by atoms with van der Waals surface area (Å²) in [6, 6.07) is 9.31. The van der Waals surface area contributed by atoms with Gasteiger partial charge in [0, 0.05) is 29.1 Å². The van der Waals surface area contributed by atoms with Gasteiger partial charge in [0.15, 0.2) is 6.61 Å². The van der Waals surface area contributed by atoms with Crippen molar-refractivity contribution in [2.45, 2.75) is 33.3 Å². The number of anilines is 1. The van der Waals surface area contributed by atoms with Crippen molar-refractivity contribution in [1.82, 2.24) is 0 Å². The molecule has 9 heteroatoms. The van der Waals surface area contributed by atoms with Crippen LogP contribution in [0.2, 0.25) is 5.02 Å². The number of aryl methyl sites for hydroxylation is 1. The number of aliphatic hydroxyl groups is 1. The summed E-state index contributed by atoms with van der Waals surface area (Å²) in [6.07, 6.45) is -0.525. The number of nitrogens with one attached hydrogen (secondary N) is 1. The molecule has 1 heterocycles. The van der Waals surface area contributed by atoms with Crippen LogP contribution < -0.4 is 15.7 Å². The lowest BCUT2D eigenvalue weighted by Gasteiger charge is -2.12. The zero-order valence-electron chi connectivity index (χ0n) is 18.4. The Morgan fingerprint density at radius 3 is 2.55 bits per heavy atom. The Hall–Kier alpha value is -3.36. The van der Waals surface area contributed by atoms with Gasteiger partial charge in [-0.05, 0) is 56.7 Å². The number of fused-ring (bicyclic) bond motifs is 1. The molecule has 33 heavy (non-hydrogen) atoms. The van der Waals surface area contributed by atoms with E-state index in [4.69, 9.17) is 25.5 Å². The quantitative estimate of drug-likeness (QED) is 0.377. The minimum absolute atomic E-state index is 0.168. The average molecular weight is 474 g/mol. The molecule has 0 unspecified atom stereocenters. The maximum atomic E-state index is 12.3. The smallest absolute Gasteiger partial charge is 0.339 e. The Kier molecular flexibility index (Phi) is 7.73. The van der Waals surface area contributed by atoms with E-state index in [-0.39, 0.29) is 36.0 Å². The van der Waals surface area contributed by atoms with Gasteiger partial charge in [-0.3, -0.25) is 4.79 Å². The second kappa shape index (κ2) is 10.5. The summed E-state index contributed by atoms with van der Waals surface area (Å²) in [4.78, 5) is 36.3. The number of ether oxygens (including phenoxy) is 2. The third-order valence-electron chi connectivity index (χ3n) is 4.88. The molecule has 0 fully saturated rings. The molecule has 0 spiro atoms. The third-order valence-corrected chi connectivity index (χ3v) is 5.17. The van der Waals surface area contributed by atoms with Crippen molar-refractivity contribution in [1.29, 1.82) is 0 Å². The predicted molar refractivity (Wildman–Crippen MR) is 124 cm³/mol. The number of rotatable bonds is 8. The van der Waals surface area contributed by atoms with Gasteiger partial charge in [0.25, 0.3) is 5.91 Å². The van der Waals surface area contributed by atoms with Crippen molar-refractivity contribution in [2.24, 2.45) is 0 Å². The fourth-order valence-electron chi connectivity index (χ4n) is 3.28.